The molecule has 1 saturated carbocycles. The number of carboxylic acid groups (broad SMARTS) is 1. The predicted molar refractivity (Wildman–Crippen MR) is 177 cm³/mol. The number of oxime groups is 1. The molecule has 3 heterocycles. The number of rotatable bonds is 13. The van der Waals surface area contributed by atoms with Crippen molar-refractivity contribution in [3.05, 3.63) is 40.4 Å². The van der Waals surface area contributed by atoms with E-state index < -0.39 is 57.2 Å². The van der Waals surface area contributed by atoms with Crippen molar-refractivity contribution in [3.8, 4) is 5.75 Å². The molecular weight excluding hydrogens is 700 g/mol. The van der Waals surface area contributed by atoms with Crippen LogP contribution in [0.1, 0.15) is 56.9 Å². The molecule has 1 saturated heterocycles. The van der Waals surface area contributed by atoms with Crippen LogP contribution < -0.4 is 26.4 Å². The number of carbonyl (C=O) groups excluding carboxylic acids is 2. The zero-order valence-corrected chi connectivity index (χ0v) is 29.1. The Morgan fingerprint density at radius 3 is 2.56 bits per heavy atom. The van der Waals surface area contributed by atoms with Crippen molar-refractivity contribution in [2.75, 3.05) is 19.4 Å². The molecular formula is C29H38N8O11S2. The Morgan fingerprint density at radius 1 is 1.30 bits per heavy atom. The van der Waals surface area contributed by atoms with Crippen LogP contribution in [-0.4, -0.2) is 111 Å². The summed E-state index contributed by atoms with van der Waals surface area (Å²) in [5.74, 6) is -2.91. The minimum Gasteiger partial charge on any atom is -0.485 e. The molecule has 0 bridgehead atoms. The number of nitrogens with one attached hydrogen (secondary N) is 4. The standard InChI is InChI=1S/C29H38N8O11S2/c1-27(2)21(24(40)37(27)48-50(43,44)45)35-23(39)20(17-12-49-26(31)34-17)36-47-28(3,25(41)42)19-8-6-14-9-15(5-7-18(14)46-19)22(30)33-16-10-29(11-16,13-38)32-4/h5,7,9,12,16,19,21,32,38H,6,8,10-11,13H2,1-4H3,(H2,30,33)(H2,31,34)(H,35,39)(H,41,42)(H,43,44,45)/b36-20-/t16-,19-,21-,28+,29+/m1/s1. The summed E-state index contributed by atoms with van der Waals surface area (Å²) < 4.78 is 41.7. The van der Waals surface area contributed by atoms with Crippen molar-refractivity contribution < 1.29 is 51.4 Å². The average Bonchev–Trinajstić information content (AvgIpc) is 3.48. The Bertz CT molecular complexity index is 1840. The van der Waals surface area contributed by atoms with E-state index in [-0.39, 0.29) is 41.3 Å². The summed E-state index contributed by atoms with van der Waals surface area (Å²) in [5.41, 5.74) is 2.54. The molecule has 50 heavy (non-hydrogen) atoms. The van der Waals surface area contributed by atoms with Crippen LogP contribution in [0.15, 0.2) is 28.7 Å². The van der Waals surface area contributed by atoms with Crippen LogP contribution in [0.4, 0.5) is 5.13 Å². The van der Waals surface area contributed by atoms with Gasteiger partial charge in [-0.25, -0.2) is 9.78 Å². The zero-order valence-electron chi connectivity index (χ0n) is 27.4. The van der Waals surface area contributed by atoms with Crippen LogP contribution in [-0.2, 0) is 40.3 Å². The molecule has 2 amide bonds. The molecule has 1 aromatic carbocycles. The van der Waals surface area contributed by atoms with Crippen molar-refractivity contribution in [3.63, 3.8) is 0 Å². The Morgan fingerprint density at radius 2 is 2.00 bits per heavy atom. The quantitative estimate of drug-likeness (QED) is 0.0425. The second-order valence-electron chi connectivity index (χ2n) is 13.0. The summed E-state index contributed by atoms with van der Waals surface area (Å²) in [4.78, 5) is 48.3. The number of carbonyl (C=O) groups is 3. The molecule has 2 fully saturated rings. The monoisotopic (exact) mass is 738 g/mol. The number of aryl methyl sites for hydroxylation is 1. The fraction of sp³-hybridized carbons (Fsp3) is 0.517. The number of hydroxylamine groups is 2. The van der Waals surface area contributed by atoms with Gasteiger partial charge in [0.25, 0.3) is 17.4 Å². The van der Waals surface area contributed by atoms with Gasteiger partial charge in [0.15, 0.2) is 16.9 Å². The van der Waals surface area contributed by atoms with Crippen LogP contribution in [0.3, 0.4) is 0 Å². The highest BCUT2D eigenvalue weighted by molar-refractivity contribution is 7.80. The Balaban J connectivity index is 1.31. The number of ether oxygens (including phenoxy) is 1. The van der Waals surface area contributed by atoms with Gasteiger partial charge < -0.3 is 41.5 Å². The molecule has 19 nitrogen and oxygen atoms in total. The first-order chi connectivity index (χ1) is 23.3. The Kier molecular flexibility index (Phi) is 9.86. The molecule has 2 aliphatic heterocycles. The van der Waals surface area contributed by atoms with E-state index in [1.54, 1.807) is 25.2 Å². The minimum absolute atomic E-state index is 0.00115. The summed E-state index contributed by atoms with van der Waals surface area (Å²) in [7, 11) is -3.25. The van der Waals surface area contributed by atoms with Gasteiger partial charge in [0, 0.05) is 22.5 Å². The first kappa shape index (κ1) is 36.9. The van der Waals surface area contributed by atoms with Gasteiger partial charge in [-0.2, -0.15) is 13.5 Å². The topological polar surface area (TPSA) is 288 Å². The number of thiazole rings is 1. The molecule has 5 rings (SSSR count). The maximum Gasteiger partial charge on any atom is 0.418 e. The van der Waals surface area contributed by atoms with Gasteiger partial charge in [-0.15, -0.1) is 15.6 Å². The molecule has 272 valence electrons. The number of carboxylic acids is 1. The fourth-order valence-corrected chi connectivity index (χ4v) is 7.02. The van der Waals surface area contributed by atoms with Crippen LogP contribution in [0.25, 0.3) is 0 Å². The molecule has 9 N–H and O–H groups in total. The third-order valence-electron chi connectivity index (χ3n) is 9.22. The lowest BCUT2D eigenvalue weighted by Crippen LogP contribution is -2.76. The molecule has 3 atom stereocenters. The Labute approximate surface area is 290 Å². The van der Waals surface area contributed by atoms with Gasteiger partial charge in [-0.3, -0.25) is 19.6 Å². The lowest BCUT2D eigenvalue weighted by molar-refractivity contribution is -0.218. The van der Waals surface area contributed by atoms with E-state index in [0.717, 1.165) is 16.9 Å². The van der Waals surface area contributed by atoms with Crippen molar-refractivity contribution in [2.24, 2.45) is 5.16 Å². The molecule has 1 aromatic heterocycles. The van der Waals surface area contributed by atoms with E-state index in [1.807, 2.05) is 0 Å². The number of nitrogens with zero attached hydrogens (tertiary/aromatic N) is 3. The molecule has 2 aromatic rings. The first-order valence-electron chi connectivity index (χ1n) is 15.3. The highest BCUT2D eigenvalue weighted by Crippen LogP contribution is 2.36. The van der Waals surface area contributed by atoms with Gasteiger partial charge in [-0.05, 0) is 77.3 Å². The smallest absolute Gasteiger partial charge is 0.418 e. The summed E-state index contributed by atoms with van der Waals surface area (Å²) in [6.45, 7) is 3.96. The zero-order chi connectivity index (χ0) is 36.8. The first-order valence-corrected chi connectivity index (χ1v) is 17.5. The molecule has 3 aliphatic rings. The van der Waals surface area contributed by atoms with Crippen molar-refractivity contribution in [1.82, 2.24) is 26.0 Å². The number of aliphatic carboxylic acids is 1. The normalized spacial score (nSPS) is 25.6. The number of benzene rings is 1. The second-order valence-corrected chi connectivity index (χ2v) is 14.9. The largest absolute Gasteiger partial charge is 0.485 e. The number of nitrogen functional groups attached to an aromatic ring is 1. The summed E-state index contributed by atoms with van der Waals surface area (Å²) in [6.07, 6.45) is 0.763. The van der Waals surface area contributed by atoms with Gasteiger partial charge in [0.1, 0.15) is 23.3 Å². The van der Waals surface area contributed by atoms with Gasteiger partial charge in [0.05, 0.1) is 12.1 Å². The minimum atomic E-state index is -5.04. The number of hydrogen-bond donors (Lipinski definition) is 8. The highest BCUT2D eigenvalue weighted by atomic mass is 32.3. The lowest BCUT2D eigenvalue weighted by Gasteiger charge is -2.50. The van der Waals surface area contributed by atoms with Crippen LogP contribution in [0.2, 0.25) is 0 Å². The number of hydrogen-bond acceptors (Lipinski definition) is 15. The number of β-lactam (4-membered cyclic amide) rings is 1. The number of aliphatic hydroxyl groups is 1. The molecule has 21 heteroatoms. The number of amides is 2. The number of amidine groups is 1. The van der Waals surface area contributed by atoms with Gasteiger partial charge in [0.2, 0.25) is 0 Å². The van der Waals surface area contributed by atoms with Gasteiger partial charge in [-0.1, -0.05) is 5.16 Å². The molecule has 1 aliphatic carbocycles. The van der Waals surface area contributed by atoms with Crippen molar-refractivity contribution in [1.29, 1.82) is 5.41 Å². The highest BCUT2D eigenvalue weighted by Gasteiger charge is 2.58. The number of nitrogens with two attached hydrogens (primary N) is 1. The maximum absolute atomic E-state index is 13.5. The van der Waals surface area contributed by atoms with Crippen LogP contribution >= 0.6 is 11.3 Å². The number of likely N-dealkylation sites (N-methyl/N-ethyl adjacent to an activating group) is 1. The number of fused-ring (bicyclic) bond motifs is 1. The number of anilines is 1. The SMILES string of the molecule is CN[C@]1(CO)C[C@H](NC(=N)c2ccc3c(c2)CC[C@H]([C@](C)(O/N=C(\C(=O)N[C@@H]2C(=O)N(OS(=O)(=O)O)C2(C)C)c2csc(N)n2)C(=O)O)O3)C1. The van der Waals surface area contributed by atoms with E-state index in [1.165, 1.54) is 26.2 Å². The van der Waals surface area contributed by atoms with E-state index >= 15 is 0 Å². The average molecular weight is 739 g/mol. The molecule has 0 unspecified atom stereocenters. The summed E-state index contributed by atoms with van der Waals surface area (Å²) in [5, 5.41) is 42.8. The number of aromatic nitrogens is 1. The van der Waals surface area contributed by atoms with Gasteiger partial charge >= 0.3 is 16.4 Å². The molecule has 0 radical (unpaired) electrons. The van der Waals surface area contributed by atoms with E-state index in [4.69, 9.17) is 25.3 Å². The summed E-state index contributed by atoms with van der Waals surface area (Å²) in [6, 6.07) is 3.77. The maximum atomic E-state index is 13.5. The van der Waals surface area contributed by atoms with Crippen molar-refractivity contribution in [2.45, 2.75) is 81.3 Å². The summed E-state index contributed by atoms with van der Waals surface area (Å²) >= 11 is 0.956. The molecule has 0 spiro atoms. The lowest BCUT2D eigenvalue weighted by atomic mass is 9.73. The van der Waals surface area contributed by atoms with E-state index in [2.05, 4.69) is 30.4 Å². The second kappa shape index (κ2) is 13.4. The van der Waals surface area contributed by atoms with Crippen molar-refractivity contribution >= 4 is 56.2 Å². The number of aliphatic hydroxyl groups excluding tert-OH is 1. The third-order valence-corrected chi connectivity index (χ3v) is 10.2. The van der Waals surface area contributed by atoms with Crippen LogP contribution in [0, 0.1) is 5.41 Å². The van der Waals surface area contributed by atoms with Crippen LogP contribution in [0.5, 0.6) is 5.75 Å². The van der Waals surface area contributed by atoms with E-state index in [0.29, 0.717) is 35.6 Å². The third kappa shape index (κ3) is 7.09. The fourth-order valence-electron chi connectivity index (χ4n) is 6.01. The predicted octanol–water partition coefficient (Wildman–Crippen LogP) is -0.449. The van der Waals surface area contributed by atoms with E-state index in [9.17, 15) is 33.0 Å². The Hall–Kier alpha value is -4.41.